The molecule has 5 heteroatoms. The topological polar surface area (TPSA) is 63.2 Å². The molecule has 1 saturated heterocycles. The Kier molecular flexibility index (Phi) is 3.28. The lowest BCUT2D eigenvalue weighted by atomic mass is 9.89. The van der Waals surface area contributed by atoms with E-state index in [9.17, 15) is 4.79 Å². The van der Waals surface area contributed by atoms with Crippen LogP contribution in [-0.4, -0.2) is 31.1 Å². The highest BCUT2D eigenvalue weighted by atomic mass is 16.5. The number of rotatable bonds is 3. The lowest BCUT2D eigenvalue weighted by Gasteiger charge is -2.21. The van der Waals surface area contributed by atoms with Crippen LogP contribution in [0.5, 0.6) is 5.88 Å². The van der Waals surface area contributed by atoms with Gasteiger partial charge in [0.25, 0.3) is 0 Å². The van der Waals surface area contributed by atoms with Gasteiger partial charge in [-0.3, -0.25) is 4.79 Å². The Hall–Kier alpha value is -1.62. The number of aromatic nitrogens is 1. The number of hydrogen-bond donors (Lipinski definition) is 2. The van der Waals surface area contributed by atoms with Gasteiger partial charge in [-0.1, -0.05) is 0 Å². The number of hydrogen-bond acceptors (Lipinski definition) is 4. The second-order valence-electron chi connectivity index (χ2n) is 4.53. The molecule has 0 saturated carbocycles. The molecule has 2 N–H and O–H groups in total. The fourth-order valence-corrected chi connectivity index (χ4v) is 1.87. The van der Waals surface area contributed by atoms with Gasteiger partial charge in [-0.05, 0) is 26.0 Å². The summed E-state index contributed by atoms with van der Waals surface area (Å²) in [7, 11) is 1.56. The number of anilines is 1. The summed E-state index contributed by atoms with van der Waals surface area (Å²) in [6, 6.07) is 3.51. The van der Waals surface area contributed by atoms with Gasteiger partial charge in [0, 0.05) is 12.6 Å². The lowest BCUT2D eigenvalue weighted by molar-refractivity contribution is -0.123. The molecule has 2 heterocycles. The minimum atomic E-state index is -0.320. The van der Waals surface area contributed by atoms with Gasteiger partial charge in [-0.25, -0.2) is 4.98 Å². The van der Waals surface area contributed by atoms with E-state index in [1.54, 1.807) is 25.4 Å². The number of amides is 1. The smallest absolute Gasteiger partial charge is 0.231 e. The van der Waals surface area contributed by atoms with E-state index in [-0.39, 0.29) is 11.3 Å². The molecule has 1 aromatic rings. The molecule has 1 aliphatic rings. The van der Waals surface area contributed by atoms with Crippen LogP contribution in [0.4, 0.5) is 5.69 Å². The van der Waals surface area contributed by atoms with Gasteiger partial charge in [0.15, 0.2) is 0 Å². The minimum absolute atomic E-state index is 0.0365. The van der Waals surface area contributed by atoms with Gasteiger partial charge in [-0.15, -0.1) is 0 Å². The predicted octanol–water partition coefficient (Wildman–Crippen LogP) is 1.03. The van der Waals surface area contributed by atoms with Crippen LogP contribution in [0.25, 0.3) is 0 Å². The van der Waals surface area contributed by atoms with E-state index in [2.05, 4.69) is 15.6 Å². The molecule has 0 bridgehead atoms. The van der Waals surface area contributed by atoms with Crippen molar-refractivity contribution in [2.24, 2.45) is 5.41 Å². The Morgan fingerprint density at radius 2 is 2.41 bits per heavy atom. The van der Waals surface area contributed by atoms with Crippen molar-refractivity contribution >= 4 is 11.6 Å². The van der Waals surface area contributed by atoms with Gasteiger partial charge in [0.05, 0.1) is 24.4 Å². The summed E-state index contributed by atoms with van der Waals surface area (Å²) >= 11 is 0. The standard InChI is InChI=1S/C12H17N3O2/c1-12(5-6-13-8-12)11(16)15-9-3-4-10(17-2)14-7-9/h3-4,7,13H,5-6,8H2,1-2H3,(H,15,16). The first-order valence-electron chi connectivity index (χ1n) is 5.66. The number of carbonyl (C=O) groups excluding carboxylic acids is 1. The van der Waals surface area contributed by atoms with E-state index in [1.807, 2.05) is 6.92 Å². The van der Waals surface area contributed by atoms with Crippen molar-refractivity contribution in [2.45, 2.75) is 13.3 Å². The molecule has 1 aromatic heterocycles. The summed E-state index contributed by atoms with van der Waals surface area (Å²) < 4.78 is 4.96. The second kappa shape index (κ2) is 4.71. The van der Waals surface area contributed by atoms with Gasteiger partial charge < -0.3 is 15.4 Å². The molecule has 2 rings (SSSR count). The van der Waals surface area contributed by atoms with Crippen LogP contribution >= 0.6 is 0 Å². The molecule has 1 fully saturated rings. The summed E-state index contributed by atoms with van der Waals surface area (Å²) in [6.07, 6.45) is 2.46. The molecular formula is C12H17N3O2. The third kappa shape index (κ3) is 2.55. The van der Waals surface area contributed by atoms with Crippen molar-refractivity contribution in [2.75, 3.05) is 25.5 Å². The van der Waals surface area contributed by atoms with Crippen molar-refractivity contribution in [1.82, 2.24) is 10.3 Å². The van der Waals surface area contributed by atoms with Crippen LogP contribution in [0.15, 0.2) is 18.3 Å². The summed E-state index contributed by atoms with van der Waals surface area (Å²) in [5.41, 5.74) is 0.379. The van der Waals surface area contributed by atoms with Crippen LogP contribution in [0, 0.1) is 5.41 Å². The van der Waals surface area contributed by atoms with Crippen LogP contribution in [-0.2, 0) is 4.79 Å². The van der Waals surface area contributed by atoms with E-state index in [0.717, 1.165) is 19.5 Å². The van der Waals surface area contributed by atoms with Crippen molar-refractivity contribution in [1.29, 1.82) is 0 Å². The number of pyridine rings is 1. The van der Waals surface area contributed by atoms with Gasteiger partial charge in [-0.2, -0.15) is 0 Å². The fourth-order valence-electron chi connectivity index (χ4n) is 1.87. The van der Waals surface area contributed by atoms with E-state index in [4.69, 9.17) is 4.74 Å². The average Bonchev–Trinajstić information content (AvgIpc) is 2.78. The summed E-state index contributed by atoms with van der Waals surface area (Å²) in [5.74, 6) is 0.575. The third-order valence-corrected chi connectivity index (χ3v) is 3.12. The maximum Gasteiger partial charge on any atom is 0.231 e. The molecular weight excluding hydrogens is 218 g/mol. The highest BCUT2D eigenvalue weighted by molar-refractivity contribution is 5.95. The first kappa shape index (κ1) is 11.9. The number of methoxy groups -OCH3 is 1. The van der Waals surface area contributed by atoms with Gasteiger partial charge >= 0.3 is 0 Å². The van der Waals surface area contributed by atoms with Crippen molar-refractivity contribution in [3.8, 4) is 5.88 Å². The van der Waals surface area contributed by atoms with Gasteiger partial charge in [0.2, 0.25) is 11.8 Å². The Bertz CT molecular complexity index is 397. The molecule has 5 nitrogen and oxygen atoms in total. The third-order valence-electron chi connectivity index (χ3n) is 3.12. The maximum absolute atomic E-state index is 12.1. The monoisotopic (exact) mass is 235 g/mol. The highest BCUT2D eigenvalue weighted by Gasteiger charge is 2.36. The summed E-state index contributed by atoms with van der Waals surface area (Å²) in [5, 5.41) is 6.08. The highest BCUT2D eigenvalue weighted by Crippen LogP contribution is 2.26. The zero-order chi connectivity index (χ0) is 12.3. The maximum atomic E-state index is 12.1. The number of nitrogens with zero attached hydrogens (tertiary/aromatic N) is 1. The molecule has 0 spiro atoms. The van der Waals surface area contributed by atoms with Crippen LogP contribution < -0.4 is 15.4 Å². The first-order chi connectivity index (χ1) is 8.14. The van der Waals surface area contributed by atoms with Crippen molar-refractivity contribution < 1.29 is 9.53 Å². The number of nitrogens with one attached hydrogen (secondary N) is 2. The predicted molar refractivity (Wildman–Crippen MR) is 65.0 cm³/mol. The molecule has 1 amide bonds. The summed E-state index contributed by atoms with van der Waals surface area (Å²) in [6.45, 7) is 3.59. The zero-order valence-corrected chi connectivity index (χ0v) is 10.1. The normalized spacial score (nSPS) is 23.4. The van der Waals surface area contributed by atoms with E-state index >= 15 is 0 Å². The van der Waals surface area contributed by atoms with Crippen molar-refractivity contribution in [3.05, 3.63) is 18.3 Å². The van der Waals surface area contributed by atoms with Crippen LogP contribution in [0.2, 0.25) is 0 Å². The Morgan fingerprint density at radius 3 is 2.94 bits per heavy atom. The van der Waals surface area contributed by atoms with Crippen molar-refractivity contribution in [3.63, 3.8) is 0 Å². The van der Waals surface area contributed by atoms with Crippen LogP contribution in [0.1, 0.15) is 13.3 Å². The van der Waals surface area contributed by atoms with E-state index in [1.165, 1.54) is 0 Å². The number of carbonyl (C=O) groups is 1. The zero-order valence-electron chi connectivity index (χ0n) is 10.1. The largest absolute Gasteiger partial charge is 0.481 e. The molecule has 1 atom stereocenters. The molecule has 0 aliphatic carbocycles. The molecule has 0 radical (unpaired) electrons. The fraction of sp³-hybridized carbons (Fsp3) is 0.500. The first-order valence-corrected chi connectivity index (χ1v) is 5.66. The van der Waals surface area contributed by atoms with Gasteiger partial charge in [0.1, 0.15) is 0 Å². The lowest BCUT2D eigenvalue weighted by Crippen LogP contribution is -2.35. The average molecular weight is 235 g/mol. The number of ether oxygens (including phenoxy) is 1. The Balaban J connectivity index is 2.02. The van der Waals surface area contributed by atoms with E-state index in [0.29, 0.717) is 11.6 Å². The molecule has 0 aromatic carbocycles. The minimum Gasteiger partial charge on any atom is -0.481 e. The second-order valence-corrected chi connectivity index (χ2v) is 4.53. The summed E-state index contributed by atoms with van der Waals surface area (Å²) in [4.78, 5) is 16.1. The SMILES string of the molecule is COc1ccc(NC(=O)C2(C)CCNC2)cn1. The molecule has 1 unspecified atom stereocenters. The molecule has 1 aliphatic heterocycles. The van der Waals surface area contributed by atoms with E-state index < -0.39 is 0 Å². The molecule has 92 valence electrons. The Morgan fingerprint density at radius 1 is 1.59 bits per heavy atom. The van der Waals surface area contributed by atoms with Crippen LogP contribution in [0.3, 0.4) is 0 Å². The Labute approximate surface area is 101 Å². The quantitative estimate of drug-likeness (QED) is 0.821. The molecule has 17 heavy (non-hydrogen) atoms.